The largest absolute Gasteiger partial charge is 0.497 e. The van der Waals surface area contributed by atoms with Crippen LogP contribution >= 0.6 is 23.5 Å². The van der Waals surface area contributed by atoms with Gasteiger partial charge in [-0.15, -0.1) is 0 Å². The predicted molar refractivity (Wildman–Crippen MR) is 146 cm³/mol. The number of nitrogens with zero attached hydrogens (tertiary/aromatic N) is 3. The second kappa shape index (κ2) is 13.2. The highest BCUT2D eigenvalue weighted by atomic mass is 31.3. The number of hydrogen-bond acceptors (Lipinski definition) is 13. The lowest BCUT2D eigenvalue weighted by Crippen LogP contribution is -2.43. The molecule has 0 amide bonds. The molecule has 4 rings (SSSR count). The van der Waals surface area contributed by atoms with Crippen LogP contribution in [-0.2, 0) is 38.1 Å². The number of ether oxygens (including phenoxy) is 2. The number of phosphoric ester groups is 1. The monoisotopic (exact) mass is 681 g/mol. The topological polar surface area (TPSA) is 276 Å². The van der Waals surface area contributed by atoms with Crippen molar-refractivity contribution in [3.05, 3.63) is 81.4 Å². The standard InChI is InChI=1S/C22H26N3O16P3/c1-37-16-4-2-13(3-5-16)14-6-8-23-15(10-14)11-25-18(26)7-9-24(22(25)29)21-20(28)19(27)17(39-21)12-38-43(33,34)41-44(35,36)40-42(30,31)32/h2-10,17,19-21,27-28H,11-12H2,1H3,(H,33,34)(H,35,36)(H2,30,31,32)/t17-,19?,20?,21-/m1/s1. The molecular weight excluding hydrogens is 655 g/mol. The highest BCUT2D eigenvalue weighted by molar-refractivity contribution is 7.66. The van der Waals surface area contributed by atoms with Crippen molar-refractivity contribution in [2.45, 2.75) is 31.1 Å². The van der Waals surface area contributed by atoms with Gasteiger partial charge in [0.15, 0.2) is 6.23 Å². The van der Waals surface area contributed by atoms with E-state index in [0.29, 0.717) is 11.4 Å². The summed E-state index contributed by atoms with van der Waals surface area (Å²) in [6.07, 6.45) is -4.50. The second-order valence-corrected chi connectivity index (χ2v) is 13.5. The molecule has 22 heteroatoms. The molecule has 0 aliphatic carbocycles. The van der Waals surface area contributed by atoms with Gasteiger partial charge in [-0.1, -0.05) is 12.1 Å². The molecule has 6 atom stereocenters. The molecule has 3 aromatic rings. The molecular formula is C22H26N3O16P3. The number of aromatic nitrogens is 3. The zero-order chi connectivity index (χ0) is 32.4. The minimum absolute atomic E-state index is 0.288. The van der Waals surface area contributed by atoms with E-state index in [2.05, 4.69) is 18.1 Å². The van der Waals surface area contributed by atoms with Gasteiger partial charge in [-0.2, -0.15) is 8.62 Å². The van der Waals surface area contributed by atoms with Gasteiger partial charge in [0.1, 0.15) is 24.1 Å². The van der Waals surface area contributed by atoms with Crippen LogP contribution in [0.3, 0.4) is 0 Å². The van der Waals surface area contributed by atoms with Gasteiger partial charge in [-0.3, -0.25) is 23.4 Å². The highest BCUT2D eigenvalue weighted by Gasteiger charge is 2.47. The Hall–Kier alpha value is -2.86. The summed E-state index contributed by atoms with van der Waals surface area (Å²) in [5, 5.41) is 20.9. The van der Waals surface area contributed by atoms with Gasteiger partial charge in [-0.05, 0) is 35.4 Å². The number of aliphatic hydroxyl groups excluding tert-OH is 2. The zero-order valence-corrected chi connectivity index (χ0v) is 25.1. The molecule has 19 nitrogen and oxygen atoms in total. The lowest BCUT2D eigenvalue weighted by molar-refractivity contribution is -0.0547. The van der Waals surface area contributed by atoms with Gasteiger partial charge in [0.2, 0.25) is 0 Å². The van der Waals surface area contributed by atoms with E-state index in [1.165, 1.54) is 13.3 Å². The van der Waals surface area contributed by atoms with E-state index in [0.717, 1.165) is 32.5 Å². The quantitative estimate of drug-likeness (QED) is 0.138. The normalized spacial score (nSPS) is 23.2. The Labute approximate surface area is 246 Å². The van der Waals surface area contributed by atoms with Gasteiger partial charge < -0.3 is 39.3 Å². The number of phosphoric acid groups is 3. The Morgan fingerprint density at radius 3 is 2.23 bits per heavy atom. The molecule has 3 heterocycles. The first kappa shape index (κ1) is 34.0. The van der Waals surface area contributed by atoms with Crippen molar-refractivity contribution in [3.8, 4) is 16.9 Å². The van der Waals surface area contributed by atoms with Crippen LogP contribution in [0.4, 0.5) is 0 Å². The van der Waals surface area contributed by atoms with Gasteiger partial charge in [0.05, 0.1) is 26.0 Å². The average Bonchev–Trinajstić information content (AvgIpc) is 3.21. The summed E-state index contributed by atoms with van der Waals surface area (Å²) in [7, 11) is -15.4. The summed E-state index contributed by atoms with van der Waals surface area (Å²) in [6.45, 7) is -1.38. The van der Waals surface area contributed by atoms with Crippen LogP contribution in [0, 0.1) is 0 Å². The Morgan fingerprint density at radius 1 is 0.909 bits per heavy atom. The zero-order valence-electron chi connectivity index (χ0n) is 22.4. The predicted octanol–water partition coefficient (Wildman–Crippen LogP) is 0.0914. The van der Waals surface area contributed by atoms with Crippen molar-refractivity contribution in [1.82, 2.24) is 14.1 Å². The molecule has 4 unspecified atom stereocenters. The Balaban J connectivity index is 1.50. The number of benzene rings is 1. The van der Waals surface area contributed by atoms with Crippen molar-refractivity contribution in [1.29, 1.82) is 0 Å². The molecule has 1 saturated heterocycles. The van der Waals surface area contributed by atoms with Crippen molar-refractivity contribution < 1.29 is 66.1 Å². The SMILES string of the molecule is COc1ccc(-c2ccnc(Cn3c(=O)ccn([C@@H]4O[C@H](COP(=O)(O)OP(=O)(O)OP(=O)(O)O)C(O)C4O)c3=O)c2)cc1. The average molecular weight is 681 g/mol. The van der Waals surface area contributed by atoms with Gasteiger partial charge in [0.25, 0.3) is 5.56 Å². The summed E-state index contributed by atoms with van der Waals surface area (Å²) >= 11 is 0. The maximum atomic E-state index is 13.3. The lowest BCUT2D eigenvalue weighted by Gasteiger charge is -2.19. The van der Waals surface area contributed by atoms with Crippen LogP contribution in [0.1, 0.15) is 11.9 Å². The molecule has 44 heavy (non-hydrogen) atoms. The summed E-state index contributed by atoms with van der Waals surface area (Å²) in [6, 6.07) is 11.5. The minimum atomic E-state index is -5.80. The van der Waals surface area contributed by atoms with Crippen LogP contribution in [-0.4, -0.2) is 75.9 Å². The van der Waals surface area contributed by atoms with Crippen LogP contribution in [0.5, 0.6) is 5.75 Å². The fourth-order valence-electron chi connectivity index (χ4n) is 4.13. The molecule has 1 aliphatic rings. The number of hydrogen-bond donors (Lipinski definition) is 6. The van der Waals surface area contributed by atoms with E-state index in [1.54, 1.807) is 24.3 Å². The smallest absolute Gasteiger partial charge is 0.490 e. The first-order chi connectivity index (χ1) is 20.5. The van der Waals surface area contributed by atoms with E-state index in [1.807, 2.05) is 12.1 Å². The third kappa shape index (κ3) is 8.44. The first-order valence-corrected chi connectivity index (χ1v) is 16.7. The minimum Gasteiger partial charge on any atom is -0.497 e. The van der Waals surface area contributed by atoms with Crippen molar-refractivity contribution >= 4 is 23.5 Å². The molecule has 1 aliphatic heterocycles. The van der Waals surface area contributed by atoms with E-state index in [9.17, 15) is 43.3 Å². The number of rotatable bonds is 12. The van der Waals surface area contributed by atoms with Crippen LogP contribution in [0.15, 0.2) is 64.4 Å². The van der Waals surface area contributed by atoms with Gasteiger partial charge >= 0.3 is 29.2 Å². The summed E-state index contributed by atoms with van der Waals surface area (Å²) in [5.41, 5.74) is 0.181. The fraction of sp³-hybridized carbons (Fsp3) is 0.318. The first-order valence-electron chi connectivity index (χ1n) is 12.2. The number of methoxy groups -OCH3 is 1. The maximum absolute atomic E-state index is 13.3. The Bertz CT molecular complexity index is 1760. The van der Waals surface area contributed by atoms with Gasteiger partial charge in [0, 0.05) is 18.5 Å². The van der Waals surface area contributed by atoms with E-state index < -0.39 is 65.9 Å². The molecule has 240 valence electrons. The van der Waals surface area contributed by atoms with E-state index >= 15 is 0 Å². The molecule has 0 bridgehead atoms. The molecule has 1 aromatic carbocycles. The number of pyridine rings is 1. The Kier molecular flexibility index (Phi) is 10.2. The molecule has 6 N–H and O–H groups in total. The molecule has 0 saturated carbocycles. The lowest BCUT2D eigenvalue weighted by atomic mass is 10.1. The molecule has 0 spiro atoms. The molecule has 0 radical (unpaired) electrons. The third-order valence-corrected chi connectivity index (χ3v) is 9.89. The maximum Gasteiger partial charge on any atom is 0.490 e. The Morgan fingerprint density at radius 2 is 1.59 bits per heavy atom. The van der Waals surface area contributed by atoms with Crippen molar-refractivity contribution in [2.75, 3.05) is 13.7 Å². The van der Waals surface area contributed by atoms with Gasteiger partial charge in [-0.25, -0.2) is 18.5 Å². The summed E-state index contributed by atoms with van der Waals surface area (Å²) < 4.78 is 58.1. The van der Waals surface area contributed by atoms with E-state index in [-0.39, 0.29) is 6.54 Å². The highest BCUT2D eigenvalue weighted by Crippen LogP contribution is 2.66. The third-order valence-electron chi connectivity index (χ3n) is 6.08. The van der Waals surface area contributed by atoms with Crippen LogP contribution in [0.2, 0.25) is 0 Å². The second-order valence-electron chi connectivity index (χ2n) is 9.13. The number of aliphatic hydroxyl groups is 2. The van der Waals surface area contributed by atoms with E-state index in [4.69, 9.17) is 19.3 Å². The van der Waals surface area contributed by atoms with Crippen molar-refractivity contribution in [2.24, 2.45) is 0 Å². The summed E-state index contributed by atoms with van der Waals surface area (Å²) in [4.78, 5) is 66.2. The molecule has 1 fully saturated rings. The summed E-state index contributed by atoms with van der Waals surface area (Å²) in [5.74, 6) is 0.650. The van der Waals surface area contributed by atoms with Crippen LogP contribution < -0.4 is 16.0 Å². The fourth-order valence-corrected chi connectivity index (χ4v) is 7.16. The van der Waals surface area contributed by atoms with Crippen LogP contribution in [0.25, 0.3) is 11.1 Å². The molecule has 2 aromatic heterocycles. The van der Waals surface area contributed by atoms with Crippen molar-refractivity contribution in [3.63, 3.8) is 0 Å².